The predicted molar refractivity (Wildman–Crippen MR) is 130 cm³/mol. The number of rotatable bonds is 9. The van der Waals surface area contributed by atoms with Crippen molar-refractivity contribution in [1.82, 2.24) is 14.7 Å². The zero-order valence-electron chi connectivity index (χ0n) is 18.6. The standard InChI is InChI=1S/C25H24ClN3O4S/c1-2-3-14-33-22-10-7-20(26)15-23(22)34(31,32)21-8-4-18(5-9-21)16-28-25(30)19-6-11-24-27-12-13-29(24)17-19/h4-13,15,17H,2-3,14,16H2,1H3,(H,28,30). The fourth-order valence-electron chi connectivity index (χ4n) is 3.39. The Bertz CT molecular complexity index is 1420. The van der Waals surface area contributed by atoms with Crippen LogP contribution in [-0.4, -0.2) is 30.3 Å². The van der Waals surface area contributed by atoms with E-state index < -0.39 is 9.84 Å². The molecule has 1 N–H and O–H groups in total. The molecule has 0 saturated heterocycles. The fourth-order valence-corrected chi connectivity index (χ4v) is 5.05. The molecule has 2 aromatic heterocycles. The summed E-state index contributed by atoms with van der Waals surface area (Å²) in [4.78, 5) is 16.8. The van der Waals surface area contributed by atoms with Crippen molar-refractivity contribution in [2.24, 2.45) is 0 Å². The highest BCUT2D eigenvalue weighted by Crippen LogP contribution is 2.32. The summed E-state index contributed by atoms with van der Waals surface area (Å²) in [6, 6.07) is 14.5. The number of sulfone groups is 1. The molecular formula is C25H24ClN3O4S. The number of fused-ring (bicyclic) bond motifs is 1. The molecule has 0 spiro atoms. The summed E-state index contributed by atoms with van der Waals surface area (Å²) in [6.07, 6.45) is 6.89. The number of imidazole rings is 1. The molecule has 7 nitrogen and oxygen atoms in total. The summed E-state index contributed by atoms with van der Waals surface area (Å²) in [5.74, 6) is 0.0455. The van der Waals surface area contributed by atoms with Gasteiger partial charge in [0.05, 0.1) is 17.1 Å². The first-order valence-corrected chi connectivity index (χ1v) is 12.7. The van der Waals surface area contributed by atoms with Crippen LogP contribution in [0.1, 0.15) is 35.7 Å². The molecule has 0 radical (unpaired) electrons. The highest BCUT2D eigenvalue weighted by atomic mass is 35.5. The van der Waals surface area contributed by atoms with E-state index in [2.05, 4.69) is 10.3 Å². The van der Waals surface area contributed by atoms with Crippen LogP contribution in [-0.2, 0) is 16.4 Å². The zero-order chi connectivity index (χ0) is 24.1. The molecule has 176 valence electrons. The second-order valence-electron chi connectivity index (χ2n) is 7.73. The van der Waals surface area contributed by atoms with Gasteiger partial charge >= 0.3 is 0 Å². The van der Waals surface area contributed by atoms with E-state index >= 15 is 0 Å². The molecule has 34 heavy (non-hydrogen) atoms. The number of hydrogen-bond donors (Lipinski definition) is 1. The maximum atomic E-state index is 13.3. The number of nitrogens with zero attached hydrogens (tertiary/aromatic N) is 2. The average Bonchev–Trinajstić information content (AvgIpc) is 3.32. The van der Waals surface area contributed by atoms with E-state index in [1.165, 1.54) is 18.2 Å². The van der Waals surface area contributed by atoms with Gasteiger partial charge in [-0.3, -0.25) is 4.79 Å². The number of pyridine rings is 1. The van der Waals surface area contributed by atoms with Gasteiger partial charge in [0.25, 0.3) is 5.91 Å². The van der Waals surface area contributed by atoms with Crippen LogP contribution in [0.3, 0.4) is 0 Å². The number of carbonyl (C=O) groups is 1. The monoisotopic (exact) mass is 497 g/mol. The minimum atomic E-state index is -3.84. The number of hydrogen-bond acceptors (Lipinski definition) is 5. The number of unbranched alkanes of at least 4 members (excludes halogenated alkanes) is 1. The van der Waals surface area contributed by atoms with Gasteiger partial charge in [0.1, 0.15) is 16.3 Å². The molecule has 0 aliphatic heterocycles. The lowest BCUT2D eigenvalue weighted by molar-refractivity contribution is 0.0950. The van der Waals surface area contributed by atoms with Crippen molar-refractivity contribution in [3.8, 4) is 5.75 Å². The summed E-state index contributed by atoms with van der Waals surface area (Å²) in [7, 11) is -3.84. The third-order valence-corrected chi connectivity index (χ3v) is 7.31. The molecule has 2 heterocycles. The third-order valence-electron chi connectivity index (χ3n) is 5.29. The predicted octanol–water partition coefficient (Wildman–Crippen LogP) is 4.93. The molecule has 0 saturated carbocycles. The summed E-state index contributed by atoms with van der Waals surface area (Å²) < 4.78 is 34.0. The van der Waals surface area contributed by atoms with Crippen molar-refractivity contribution in [2.45, 2.75) is 36.1 Å². The average molecular weight is 498 g/mol. The Balaban J connectivity index is 1.47. The van der Waals surface area contributed by atoms with Gasteiger partial charge in [-0.2, -0.15) is 0 Å². The third kappa shape index (κ3) is 5.24. The number of carbonyl (C=O) groups excluding carboxylic acids is 1. The quantitative estimate of drug-likeness (QED) is 0.331. The van der Waals surface area contributed by atoms with Crippen LogP contribution >= 0.6 is 11.6 Å². The first-order chi connectivity index (χ1) is 16.4. The molecule has 1 amide bonds. The first kappa shape index (κ1) is 23.8. The van der Waals surface area contributed by atoms with Gasteiger partial charge in [-0.25, -0.2) is 13.4 Å². The van der Waals surface area contributed by atoms with Crippen LogP contribution in [0.15, 0.2) is 83.0 Å². The smallest absolute Gasteiger partial charge is 0.253 e. The Kier molecular flexibility index (Phi) is 7.19. The number of halogens is 1. The number of benzene rings is 2. The Morgan fingerprint density at radius 3 is 2.68 bits per heavy atom. The molecule has 9 heteroatoms. The van der Waals surface area contributed by atoms with Crippen LogP contribution in [0.2, 0.25) is 5.02 Å². The van der Waals surface area contributed by atoms with Gasteiger partial charge < -0.3 is 14.5 Å². The molecule has 4 rings (SSSR count). The summed E-state index contributed by atoms with van der Waals surface area (Å²) in [6.45, 7) is 2.71. The van der Waals surface area contributed by atoms with Crippen molar-refractivity contribution < 1.29 is 17.9 Å². The van der Waals surface area contributed by atoms with Gasteiger partial charge in [-0.05, 0) is 54.4 Å². The molecule has 2 aromatic carbocycles. The topological polar surface area (TPSA) is 89.8 Å². The van der Waals surface area contributed by atoms with Crippen molar-refractivity contribution in [3.63, 3.8) is 0 Å². The second kappa shape index (κ2) is 10.3. The van der Waals surface area contributed by atoms with Gasteiger partial charge in [0, 0.05) is 30.2 Å². The number of aromatic nitrogens is 2. The molecule has 0 unspecified atom stereocenters. The van der Waals surface area contributed by atoms with Gasteiger partial charge in [-0.1, -0.05) is 37.1 Å². The lowest BCUT2D eigenvalue weighted by atomic mass is 10.2. The number of nitrogens with one attached hydrogen (secondary N) is 1. The van der Waals surface area contributed by atoms with Crippen LogP contribution in [0.5, 0.6) is 5.75 Å². The molecule has 0 aliphatic carbocycles. The van der Waals surface area contributed by atoms with Gasteiger partial charge in [-0.15, -0.1) is 0 Å². The molecular weight excluding hydrogens is 474 g/mol. The summed E-state index contributed by atoms with van der Waals surface area (Å²) in [5.41, 5.74) is 2.02. The second-order valence-corrected chi connectivity index (χ2v) is 10.1. The van der Waals surface area contributed by atoms with E-state index in [-0.39, 0.29) is 28.0 Å². The van der Waals surface area contributed by atoms with Gasteiger partial charge in [0.2, 0.25) is 9.84 Å². The maximum absolute atomic E-state index is 13.3. The molecule has 0 bridgehead atoms. The minimum absolute atomic E-state index is 0.0343. The first-order valence-electron chi connectivity index (χ1n) is 10.9. The number of ether oxygens (including phenoxy) is 1. The highest BCUT2D eigenvalue weighted by Gasteiger charge is 2.23. The van der Waals surface area contributed by atoms with E-state index in [1.54, 1.807) is 59.4 Å². The Morgan fingerprint density at radius 1 is 1.12 bits per heavy atom. The van der Waals surface area contributed by atoms with Crippen molar-refractivity contribution >= 4 is 33.0 Å². The Hall–Kier alpha value is -3.36. The lowest BCUT2D eigenvalue weighted by Crippen LogP contribution is -2.23. The SMILES string of the molecule is CCCCOc1ccc(Cl)cc1S(=O)(=O)c1ccc(CNC(=O)c2ccc3nccn3c2)cc1. The van der Waals surface area contributed by atoms with Crippen molar-refractivity contribution in [2.75, 3.05) is 6.61 Å². The molecule has 4 aromatic rings. The number of amides is 1. The van der Waals surface area contributed by atoms with Crippen LogP contribution < -0.4 is 10.1 Å². The highest BCUT2D eigenvalue weighted by molar-refractivity contribution is 7.91. The normalized spacial score (nSPS) is 11.5. The van der Waals surface area contributed by atoms with Crippen molar-refractivity contribution in [1.29, 1.82) is 0 Å². The van der Waals surface area contributed by atoms with E-state index in [4.69, 9.17) is 16.3 Å². The summed E-state index contributed by atoms with van der Waals surface area (Å²) in [5, 5.41) is 3.16. The van der Waals surface area contributed by atoms with E-state index in [0.29, 0.717) is 17.2 Å². The van der Waals surface area contributed by atoms with E-state index in [9.17, 15) is 13.2 Å². The fraction of sp³-hybridized carbons (Fsp3) is 0.200. The minimum Gasteiger partial charge on any atom is -0.492 e. The Morgan fingerprint density at radius 2 is 1.91 bits per heavy atom. The molecule has 0 atom stereocenters. The molecule has 0 fully saturated rings. The summed E-state index contributed by atoms with van der Waals surface area (Å²) >= 11 is 6.08. The Labute approximate surface area is 203 Å². The van der Waals surface area contributed by atoms with Crippen molar-refractivity contribution in [3.05, 3.63) is 89.3 Å². The van der Waals surface area contributed by atoms with E-state index in [0.717, 1.165) is 24.1 Å². The van der Waals surface area contributed by atoms with Crippen LogP contribution in [0.4, 0.5) is 0 Å². The van der Waals surface area contributed by atoms with Crippen LogP contribution in [0.25, 0.3) is 5.65 Å². The molecule has 0 aliphatic rings. The zero-order valence-corrected chi connectivity index (χ0v) is 20.1. The largest absolute Gasteiger partial charge is 0.492 e. The van der Waals surface area contributed by atoms with Crippen LogP contribution in [0, 0.1) is 0 Å². The maximum Gasteiger partial charge on any atom is 0.253 e. The van der Waals surface area contributed by atoms with Gasteiger partial charge in [0.15, 0.2) is 0 Å². The lowest BCUT2D eigenvalue weighted by Gasteiger charge is -2.13. The van der Waals surface area contributed by atoms with E-state index in [1.807, 2.05) is 6.92 Å².